The van der Waals surface area contributed by atoms with Crippen LogP contribution in [0.15, 0.2) is 53.4 Å². The van der Waals surface area contributed by atoms with Gasteiger partial charge in [0.25, 0.3) is 0 Å². The highest BCUT2D eigenvalue weighted by Gasteiger charge is 2.33. The zero-order valence-electron chi connectivity index (χ0n) is 19.3. The van der Waals surface area contributed by atoms with Gasteiger partial charge in [-0.05, 0) is 61.2 Å². The van der Waals surface area contributed by atoms with Crippen LogP contribution in [0.3, 0.4) is 0 Å². The van der Waals surface area contributed by atoms with Crippen molar-refractivity contribution in [2.45, 2.75) is 37.6 Å². The quantitative estimate of drug-likeness (QED) is 0.472. The first-order chi connectivity index (χ1) is 16.8. The van der Waals surface area contributed by atoms with E-state index in [0.717, 1.165) is 31.6 Å². The summed E-state index contributed by atoms with van der Waals surface area (Å²) >= 11 is 6.04. The maximum Gasteiger partial charge on any atom is 0.243 e. The maximum absolute atomic E-state index is 13.4. The average Bonchev–Trinajstić information content (AvgIpc) is 2.85. The SMILES string of the molecule is CC1CCN(c2nc3c(c(Oc4ccc(F)cc4)n2)CN(S(=O)(=O)c2cccc(Cl)c2)CC3)CC1. The lowest BCUT2D eigenvalue weighted by atomic mass is 9.99. The van der Waals surface area contributed by atoms with Crippen LogP contribution in [0.2, 0.25) is 5.02 Å². The average molecular weight is 517 g/mol. The van der Waals surface area contributed by atoms with Crippen LogP contribution in [-0.4, -0.2) is 42.3 Å². The van der Waals surface area contributed by atoms with Gasteiger partial charge in [0.05, 0.1) is 16.2 Å². The molecule has 1 aromatic heterocycles. The first-order valence-electron chi connectivity index (χ1n) is 11.6. The van der Waals surface area contributed by atoms with Crippen LogP contribution < -0.4 is 9.64 Å². The van der Waals surface area contributed by atoms with Crippen LogP contribution in [0, 0.1) is 11.7 Å². The van der Waals surface area contributed by atoms with Crippen LogP contribution in [0.25, 0.3) is 0 Å². The predicted octanol–water partition coefficient (Wildman–Crippen LogP) is 5.04. The molecule has 35 heavy (non-hydrogen) atoms. The minimum absolute atomic E-state index is 0.0675. The molecule has 184 valence electrons. The Bertz CT molecular complexity index is 1330. The van der Waals surface area contributed by atoms with E-state index in [2.05, 4.69) is 11.8 Å². The molecule has 0 atom stereocenters. The molecule has 0 N–H and O–H groups in total. The van der Waals surface area contributed by atoms with Crippen molar-refractivity contribution in [3.8, 4) is 11.6 Å². The highest BCUT2D eigenvalue weighted by molar-refractivity contribution is 7.89. The molecular formula is C25H26ClFN4O3S. The molecule has 0 spiro atoms. The normalized spacial score (nSPS) is 17.3. The summed E-state index contributed by atoms with van der Waals surface area (Å²) in [5, 5.41) is 0.354. The summed E-state index contributed by atoms with van der Waals surface area (Å²) in [6.07, 6.45) is 2.54. The Labute approximate surface area is 209 Å². The molecule has 3 heterocycles. The molecule has 0 saturated carbocycles. The van der Waals surface area contributed by atoms with E-state index in [1.165, 1.54) is 40.7 Å². The number of benzene rings is 2. The third kappa shape index (κ3) is 5.12. The van der Waals surface area contributed by atoms with Crippen LogP contribution >= 0.6 is 11.6 Å². The lowest BCUT2D eigenvalue weighted by Crippen LogP contribution is -2.38. The van der Waals surface area contributed by atoms with Gasteiger partial charge in [-0.25, -0.2) is 17.8 Å². The molecule has 1 fully saturated rings. The second kappa shape index (κ2) is 9.72. The van der Waals surface area contributed by atoms with Crippen molar-refractivity contribution in [1.29, 1.82) is 0 Å². The minimum atomic E-state index is -3.78. The van der Waals surface area contributed by atoms with Gasteiger partial charge in [0, 0.05) is 37.6 Å². The Morgan fingerprint density at radius 1 is 1.06 bits per heavy atom. The van der Waals surface area contributed by atoms with Crippen LogP contribution in [-0.2, 0) is 23.0 Å². The highest BCUT2D eigenvalue weighted by atomic mass is 35.5. The van der Waals surface area contributed by atoms with Crippen molar-refractivity contribution in [2.75, 3.05) is 24.5 Å². The lowest BCUT2D eigenvalue weighted by molar-refractivity contribution is 0.367. The number of rotatable bonds is 5. The Balaban J connectivity index is 1.51. The van der Waals surface area contributed by atoms with E-state index < -0.39 is 10.0 Å². The maximum atomic E-state index is 13.4. The van der Waals surface area contributed by atoms with E-state index in [9.17, 15) is 12.8 Å². The topological polar surface area (TPSA) is 75.6 Å². The van der Waals surface area contributed by atoms with Gasteiger partial charge in [0.1, 0.15) is 11.6 Å². The zero-order chi connectivity index (χ0) is 24.6. The Morgan fingerprint density at radius 2 is 1.80 bits per heavy atom. The minimum Gasteiger partial charge on any atom is -0.438 e. The van der Waals surface area contributed by atoms with E-state index in [0.29, 0.717) is 40.5 Å². The molecule has 3 aromatic rings. The second-order valence-electron chi connectivity index (χ2n) is 9.03. The number of halogens is 2. The van der Waals surface area contributed by atoms with E-state index in [4.69, 9.17) is 26.3 Å². The van der Waals surface area contributed by atoms with Gasteiger partial charge in [-0.15, -0.1) is 0 Å². The highest BCUT2D eigenvalue weighted by Crippen LogP contribution is 2.34. The van der Waals surface area contributed by atoms with Gasteiger partial charge < -0.3 is 9.64 Å². The second-order valence-corrected chi connectivity index (χ2v) is 11.4. The molecule has 0 radical (unpaired) electrons. The number of sulfonamides is 1. The first-order valence-corrected chi connectivity index (χ1v) is 13.5. The molecule has 7 nitrogen and oxygen atoms in total. The first kappa shape index (κ1) is 24.0. The molecule has 0 amide bonds. The molecule has 0 unspecified atom stereocenters. The monoisotopic (exact) mass is 516 g/mol. The molecule has 2 aromatic carbocycles. The van der Waals surface area contributed by atoms with Crippen LogP contribution in [0.5, 0.6) is 11.6 Å². The summed E-state index contributed by atoms with van der Waals surface area (Å²) in [7, 11) is -3.78. The molecule has 0 bridgehead atoms. The van der Waals surface area contributed by atoms with Gasteiger partial charge in [-0.3, -0.25) is 0 Å². The molecule has 5 rings (SSSR count). The molecule has 1 saturated heterocycles. The Kier molecular flexibility index (Phi) is 6.65. The van der Waals surface area contributed by atoms with Crippen molar-refractivity contribution >= 4 is 27.6 Å². The van der Waals surface area contributed by atoms with Gasteiger partial charge in [-0.2, -0.15) is 9.29 Å². The number of nitrogens with zero attached hydrogens (tertiary/aromatic N) is 4. The molecule has 0 aliphatic carbocycles. The number of fused-ring (bicyclic) bond motifs is 1. The fourth-order valence-electron chi connectivity index (χ4n) is 4.38. The number of piperidine rings is 1. The standard InChI is InChI=1S/C25H26ClFN4O3S/c1-17-9-12-30(13-10-17)25-28-23-11-14-31(35(32,33)21-4-2-3-18(26)15-21)16-22(23)24(29-25)34-20-7-5-19(27)6-8-20/h2-8,15,17H,9-14,16H2,1H3. The third-order valence-corrected chi connectivity index (χ3v) is 8.58. The van der Waals surface area contributed by atoms with Crippen molar-refractivity contribution in [3.05, 3.63) is 70.6 Å². The molecular weight excluding hydrogens is 491 g/mol. The van der Waals surface area contributed by atoms with Crippen molar-refractivity contribution in [3.63, 3.8) is 0 Å². The number of aromatic nitrogens is 2. The van der Waals surface area contributed by atoms with E-state index in [1.54, 1.807) is 12.1 Å². The van der Waals surface area contributed by atoms with Gasteiger partial charge in [-0.1, -0.05) is 24.6 Å². The number of hydrogen-bond donors (Lipinski definition) is 0. The van der Waals surface area contributed by atoms with Crippen LogP contribution in [0.4, 0.5) is 10.3 Å². The molecule has 10 heteroatoms. The summed E-state index contributed by atoms with van der Waals surface area (Å²) in [6, 6.07) is 11.9. The van der Waals surface area contributed by atoms with Crippen molar-refractivity contribution in [1.82, 2.24) is 14.3 Å². The Hall–Kier alpha value is -2.75. The zero-order valence-corrected chi connectivity index (χ0v) is 20.9. The Morgan fingerprint density at radius 3 is 2.51 bits per heavy atom. The summed E-state index contributed by atoms with van der Waals surface area (Å²) in [6.45, 7) is 4.29. The van der Waals surface area contributed by atoms with Gasteiger partial charge in [0.15, 0.2) is 0 Å². The molecule has 2 aliphatic rings. The molecule has 2 aliphatic heterocycles. The number of ether oxygens (including phenoxy) is 1. The smallest absolute Gasteiger partial charge is 0.243 e. The lowest BCUT2D eigenvalue weighted by Gasteiger charge is -2.33. The third-order valence-electron chi connectivity index (χ3n) is 6.50. The fourth-order valence-corrected chi connectivity index (χ4v) is 6.09. The summed E-state index contributed by atoms with van der Waals surface area (Å²) in [5.74, 6) is 1.58. The van der Waals surface area contributed by atoms with Crippen molar-refractivity contribution in [2.24, 2.45) is 5.92 Å². The van der Waals surface area contributed by atoms with Gasteiger partial charge >= 0.3 is 0 Å². The van der Waals surface area contributed by atoms with Crippen molar-refractivity contribution < 1.29 is 17.5 Å². The number of hydrogen-bond acceptors (Lipinski definition) is 6. The van der Waals surface area contributed by atoms with E-state index in [-0.39, 0.29) is 23.8 Å². The van der Waals surface area contributed by atoms with Gasteiger partial charge in [0.2, 0.25) is 21.9 Å². The summed E-state index contributed by atoms with van der Waals surface area (Å²) in [5.41, 5.74) is 1.38. The number of anilines is 1. The van der Waals surface area contributed by atoms with E-state index in [1.807, 2.05) is 0 Å². The van der Waals surface area contributed by atoms with Crippen LogP contribution in [0.1, 0.15) is 31.0 Å². The largest absolute Gasteiger partial charge is 0.438 e. The summed E-state index contributed by atoms with van der Waals surface area (Å²) in [4.78, 5) is 11.8. The predicted molar refractivity (Wildman–Crippen MR) is 132 cm³/mol. The van der Waals surface area contributed by atoms with E-state index >= 15 is 0 Å². The fraction of sp³-hybridized carbons (Fsp3) is 0.360. The summed E-state index contributed by atoms with van der Waals surface area (Å²) < 4.78 is 47.6.